The third-order valence-electron chi connectivity index (χ3n) is 2.46. The monoisotopic (exact) mass is 241 g/mol. The van der Waals surface area contributed by atoms with Crippen molar-refractivity contribution in [1.29, 1.82) is 0 Å². The third-order valence-corrected chi connectivity index (χ3v) is 2.46. The van der Waals surface area contributed by atoms with Gasteiger partial charge in [-0.05, 0) is 26.0 Å². The highest BCUT2D eigenvalue weighted by molar-refractivity contribution is 5.21. The molecule has 0 saturated carbocycles. The maximum absolute atomic E-state index is 13.4. The van der Waals surface area contributed by atoms with Gasteiger partial charge in [-0.15, -0.1) is 0 Å². The number of halogens is 2. The molecule has 0 saturated heterocycles. The molecule has 0 aliphatic carbocycles. The molecular weight excluding hydrogens is 224 g/mol. The molecule has 1 aromatic carbocycles. The predicted octanol–water partition coefficient (Wildman–Crippen LogP) is 3.17. The molecule has 0 aromatic heterocycles. The van der Waals surface area contributed by atoms with Crippen molar-refractivity contribution < 1.29 is 13.5 Å². The fourth-order valence-electron chi connectivity index (χ4n) is 1.52. The zero-order valence-electron chi connectivity index (χ0n) is 9.88. The lowest BCUT2D eigenvalue weighted by Gasteiger charge is -2.15. The zero-order chi connectivity index (χ0) is 12.7. The summed E-state index contributed by atoms with van der Waals surface area (Å²) < 4.78 is 31.4. The second kappa shape index (κ2) is 7.01. The van der Waals surface area contributed by atoms with E-state index in [1.807, 2.05) is 0 Å². The molecule has 1 unspecified atom stereocenters. The van der Waals surface area contributed by atoms with Crippen molar-refractivity contribution in [2.24, 2.45) is 0 Å². The molecule has 2 nitrogen and oxygen atoms in total. The molecule has 1 atom stereocenters. The quantitative estimate of drug-likeness (QED) is 0.585. The Bertz CT molecular complexity index is 368. The molecule has 0 spiro atoms. The van der Waals surface area contributed by atoms with Gasteiger partial charge in [-0.3, -0.25) is 0 Å². The van der Waals surface area contributed by atoms with Gasteiger partial charge >= 0.3 is 0 Å². The largest absolute Gasteiger partial charge is 0.502 e. The Balaban J connectivity index is 2.44. The normalized spacial score (nSPS) is 12.2. The van der Waals surface area contributed by atoms with E-state index in [0.29, 0.717) is 18.7 Å². The fourth-order valence-corrected chi connectivity index (χ4v) is 1.52. The Morgan fingerprint density at radius 3 is 2.94 bits per heavy atom. The van der Waals surface area contributed by atoms with Gasteiger partial charge in [0.2, 0.25) is 0 Å². The number of rotatable bonds is 7. The standard InChI is InChI=1S/C13H17F2NO/c1-3-17-9-5-8-16-10(2)11-6-4-7-12(14)13(11)15/h3-4,6-7,10,16H,1,5,8-9H2,2H3. The number of benzene rings is 1. The van der Waals surface area contributed by atoms with Crippen LogP contribution in [0.3, 0.4) is 0 Å². The van der Waals surface area contributed by atoms with Crippen molar-refractivity contribution in [3.63, 3.8) is 0 Å². The van der Waals surface area contributed by atoms with E-state index in [9.17, 15) is 8.78 Å². The van der Waals surface area contributed by atoms with Gasteiger partial charge in [0, 0.05) is 11.6 Å². The summed E-state index contributed by atoms with van der Waals surface area (Å²) in [6, 6.07) is 3.97. The van der Waals surface area contributed by atoms with Crippen LogP contribution in [0.1, 0.15) is 24.9 Å². The zero-order valence-corrected chi connectivity index (χ0v) is 9.88. The topological polar surface area (TPSA) is 21.3 Å². The smallest absolute Gasteiger partial charge is 0.163 e. The summed E-state index contributed by atoms with van der Waals surface area (Å²) in [5.74, 6) is -1.60. The molecule has 1 aromatic rings. The molecule has 4 heteroatoms. The van der Waals surface area contributed by atoms with Crippen LogP contribution in [0.15, 0.2) is 31.0 Å². The Kier molecular flexibility index (Phi) is 5.63. The first kappa shape index (κ1) is 13.6. The van der Waals surface area contributed by atoms with Gasteiger partial charge in [-0.2, -0.15) is 0 Å². The highest BCUT2D eigenvalue weighted by atomic mass is 19.2. The van der Waals surface area contributed by atoms with Crippen LogP contribution >= 0.6 is 0 Å². The Morgan fingerprint density at radius 1 is 1.47 bits per heavy atom. The Labute approximate surface area is 100 Å². The van der Waals surface area contributed by atoms with Crippen LogP contribution in [-0.2, 0) is 4.74 Å². The van der Waals surface area contributed by atoms with Gasteiger partial charge in [0.25, 0.3) is 0 Å². The minimum Gasteiger partial charge on any atom is -0.502 e. The van der Waals surface area contributed by atoms with Gasteiger partial charge < -0.3 is 10.1 Å². The molecule has 0 aliphatic rings. The van der Waals surface area contributed by atoms with Crippen molar-refractivity contribution >= 4 is 0 Å². The number of hydrogen-bond acceptors (Lipinski definition) is 2. The average Bonchev–Trinajstić information content (AvgIpc) is 2.32. The summed E-state index contributed by atoms with van der Waals surface area (Å²) in [4.78, 5) is 0. The molecule has 0 heterocycles. The summed E-state index contributed by atoms with van der Waals surface area (Å²) in [7, 11) is 0. The van der Waals surface area contributed by atoms with Crippen LogP contribution in [0.25, 0.3) is 0 Å². The lowest BCUT2D eigenvalue weighted by molar-refractivity contribution is 0.243. The minimum atomic E-state index is -0.814. The molecule has 0 bridgehead atoms. The lowest BCUT2D eigenvalue weighted by Crippen LogP contribution is -2.22. The molecule has 1 rings (SSSR count). The second-order valence-electron chi connectivity index (χ2n) is 3.71. The van der Waals surface area contributed by atoms with Crippen LogP contribution in [0, 0.1) is 11.6 Å². The first-order valence-corrected chi connectivity index (χ1v) is 5.56. The van der Waals surface area contributed by atoms with E-state index in [0.717, 1.165) is 12.5 Å². The lowest BCUT2D eigenvalue weighted by atomic mass is 10.1. The van der Waals surface area contributed by atoms with E-state index in [1.165, 1.54) is 12.3 Å². The van der Waals surface area contributed by atoms with Crippen LogP contribution in [0.5, 0.6) is 0 Å². The molecular formula is C13H17F2NO. The minimum absolute atomic E-state index is 0.227. The van der Waals surface area contributed by atoms with Crippen LogP contribution in [0.4, 0.5) is 8.78 Å². The molecule has 0 aliphatic heterocycles. The third kappa shape index (κ3) is 4.15. The van der Waals surface area contributed by atoms with Crippen molar-refractivity contribution in [1.82, 2.24) is 5.32 Å². The number of hydrogen-bond donors (Lipinski definition) is 1. The van der Waals surface area contributed by atoms with E-state index in [-0.39, 0.29) is 6.04 Å². The molecule has 0 radical (unpaired) electrons. The van der Waals surface area contributed by atoms with E-state index in [2.05, 4.69) is 11.9 Å². The summed E-state index contributed by atoms with van der Waals surface area (Å²) in [5.41, 5.74) is 0.342. The van der Waals surface area contributed by atoms with Gasteiger partial charge in [0.15, 0.2) is 11.6 Å². The number of ether oxygens (including phenoxy) is 1. The van der Waals surface area contributed by atoms with Crippen LogP contribution in [-0.4, -0.2) is 13.2 Å². The average molecular weight is 241 g/mol. The van der Waals surface area contributed by atoms with Crippen LogP contribution in [0.2, 0.25) is 0 Å². The van der Waals surface area contributed by atoms with Crippen molar-refractivity contribution in [2.75, 3.05) is 13.2 Å². The molecule has 17 heavy (non-hydrogen) atoms. The van der Waals surface area contributed by atoms with E-state index in [1.54, 1.807) is 13.0 Å². The fraction of sp³-hybridized carbons (Fsp3) is 0.385. The highest BCUT2D eigenvalue weighted by Crippen LogP contribution is 2.18. The summed E-state index contributed by atoms with van der Waals surface area (Å²) >= 11 is 0. The highest BCUT2D eigenvalue weighted by Gasteiger charge is 2.13. The summed E-state index contributed by atoms with van der Waals surface area (Å²) in [5, 5.41) is 3.10. The predicted molar refractivity (Wildman–Crippen MR) is 63.5 cm³/mol. The molecule has 94 valence electrons. The second-order valence-corrected chi connectivity index (χ2v) is 3.71. The van der Waals surface area contributed by atoms with Crippen LogP contribution < -0.4 is 5.32 Å². The van der Waals surface area contributed by atoms with Gasteiger partial charge in [0.05, 0.1) is 12.9 Å². The Hall–Kier alpha value is -1.42. The first-order valence-electron chi connectivity index (χ1n) is 5.56. The first-order chi connectivity index (χ1) is 8.16. The van der Waals surface area contributed by atoms with Gasteiger partial charge in [0.1, 0.15) is 0 Å². The van der Waals surface area contributed by atoms with Crippen molar-refractivity contribution in [3.8, 4) is 0 Å². The molecule has 0 amide bonds. The molecule has 0 fully saturated rings. The number of nitrogens with one attached hydrogen (secondary N) is 1. The van der Waals surface area contributed by atoms with E-state index >= 15 is 0 Å². The molecule has 1 N–H and O–H groups in total. The summed E-state index contributed by atoms with van der Waals surface area (Å²) in [6.07, 6.45) is 2.17. The van der Waals surface area contributed by atoms with Crippen molar-refractivity contribution in [2.45, 2.75) is 19.4 Å². The SMILES string of the molecule is C=COCCCNC(C)c1cccc(F)c1F. The van der Waals surface area contributed by atoms with Gasteiger partial charge in [-0.25, -0.2) is 8.78 Å². The summed E-state index contributed by atoms with van der Waals surface area (Å²) in [6.45, 7) is 6.46. The maximum Gasteiger partial charge on any atom is 0.163 e. The van der Waals surface area contributed by atoms with E-state index < -0.39 is 11.6 Å². The maximum atomic E-state index is 13.4. The van der Waals surface area contributed by atoms with Crippen molar-refractivity contribution in [3.05, 3.63) is 48.2 Å². The van der Waals surface area contributed by atoms with E-state index in [4.69, 9.17) is 4.74 Å². The van der Waals surface area contributed by atoms with Gasteiger partial charge in [-0.1, -0.05) is 18.7 Å². The Morgan fingerprint density at radius 2 is 2.24 bits per heavy atom.